The number of methoxy groups -OCH3 is 2. The number of cyclic esters (lactones) is 1. The first-order valence-corrected chi connectivity index (χ1v) is 5.79. The van der Waals surface area contributed by atoms with E-state index < -0.39 is 12.2 Å². The van der Waals surface area contributed by atoms with E-state index in [1.165, 1.54) is 12.0 Å². The molecule has 6 nitrogen and oxygen atoms in total. The van der Waals surface area contributed by atoms with E-state index in [4.69, 9.17) is 19.5 Å². The van der Waals surface area contributed by atoms with Gasteiger partial charge in [0.2, 0.25) is 0 Å². The molecule has 6 heteroatoms. The van der Waals surface area contributed by atoms with Crippen molar-refractivity contribution in [1.82, 2.24) is 0 Å². The van der Waals surface area contributed by atoms with Gasteiger partial charge in [0.1, 0.15) is 17.6 Å². The second-order valence-electron chi connectivity index (χ2n) is 3.98. The van der Waals surface area contributed by atoms with Crippen molar-refractivity contribution < 1.29 is 19.0 Å². The van der Waals surface area contributed by atoms with Crippen LogP contribution in [0.3, 0.4) is 0 Å². The standard InChI is InChI=1S/C13H14N2O4/c1-17-9-3-4-12(18-2)11(7-9)15-6-5-10(8-14)19-13(15)16/h3-4,7,10H,5-6H2,1-2H3. The Morgan fingerprint density at radius 3 is 2.79 bits per heavy atom. The normalized spacial score (nSPS) is 18.5. The predicted octanol–water partition coefficient (Wildman–Crippen LogP) is 1.94. The molecule has 0 radical (unpaired) electrons. The summed E-state index contributed by atoms with van der Waals surface area (Å²) in [4.78, 5) is 13.3. The van der Waals surface area contributed by atoms with Crippen LogP contribution in [0.25, 0.3) is 0 Å². The van der Waals surface area contributed by atoms with E-state index in [1.54, 1.807) is 25.3 Å². The predicted molar refractivity (Wildman–Crippen MR) is 67.4 cm³/mol. The first-order chi connectivity index (χ1) is 9.19. The lowest BCUT2D eigenvalue weighted by Gasteiger charge is -2.29. The zero-order chi connectivity index (χ0) is 13.8. The van der Waals surface area contributed by atoms with Gasteiger partial charge in [0.05, 0.1) is 19.9 Å². The maximum absolute atomic E-state index is 11.9. The number of rotatable bonds is 3. The summed E-state index contributed by atoms with van der Waals surface area (Å²) < 4.78 is 15.4. The molecular weight excluding hydrogens is 248 g/mol. The Bertz CT molecular complexity index is 524. The largest absolute Gasteiger partial charge is 0.497 e. The van der Waals surface area contributed by atoms with Crippen molar-refractivity contribution in [2.24, 2.45) is 0 Å². The second kappa shape index (κ2) is 5.48. The van der Waals surface area contributed by atoms with Crippen LogP contribution in [-0.2, 0) is 4.74 Å². The monoisotopic (exact) mass is 262 g/mol. The molecule has 1 aromatic carbocycles. The van der Waals surface area contributed by atoms with Crippen molar-refractivity contribution in [1.29, 1.82) is 5.26 Å². The lowest BCUT2D eigenvalue weighted by Crippen LogP contribution is -2.41. The number of anilines is 1. The van der Waals surface area contributed by atoms with Crippen molar-refractivity contribution in [2.45, 2.75) is 12.5 Å². The Hall–Kier alpha value is -2.42. The summed E-state index contributed by atoms with van der Waals surface area (Å²) >= 11 is 0. The van der Waals surface area contributed by atoms with Gasteiger partial charge in [0, 0.05) is 19.0 Å². The second-order valence-corrected chi connectivity index (χ2v) is 3.98. The third-order valence-corrected chi connectivity index (χ3v) is 2.90. The van der Waals surface area contributed by atoms with Crippen LogP contribution < -0.4 is 14.4 Å². The molecular formula is C13H14N2O4. The van der Waals surface area contributed by atoms with Crippen LogP contribution in [0.15, 0.2) is 18.2 Å². The number of carbonyl (C=O) groups is 1. The van der Waals surface area contributed by atoms with Crippen molar-refractivity contribution in [3.63, 3.8) is 0 Å². The Labute approximate surface area is 111 Å². The quantitative estimate of drug-likeness (QED) is 0.832. The zero-order valence-electron chi connectivity index (χ0n) is 10.8. The van der Waals surface area contributed by atoms with Gasteiger partial charge in [-0.1, -0.05) is 0 Å². The minimum atomic E-state index is -0.680. The Kier molecular flexibility index (Phi) is 3.76. The molecule has 0 aliphatic carbocycles. The van der Waals surface area contributed by atoms with Crippen molar-refractivity contribution in [2.75, 3.05) is 25.7 Å². The van der Waals surface area contributed by atoms with Crippen LogP contribution in [0.2, 0.25) is 0 Å². The van der Waals surface area contributed by atoms with Crippen molar-refractivity contribution in [3.05, 3.63) is 18.2 Å². The average Bonchev–Trinajstić information content (AvgIpc) is 2.46. The van der Waals surface area contributed by atoms with Gasteiger partial charge < -0.3 is 14.2 Å². The topological polar surface area (TPSA) is 71.8 Å². The summed E-state index contributed by atoms with van der Waals surface area (Å²) in [5, 5.41) is 8.76. The molecule has 100 valence electrons. The van der Waals surface area contributed by atoms with Gasteiger partial charge in [-0.25, -0.2) is 4.79 Å². The molecule has 0 aromatic heterocycles. The molecule has 1 amide bonds. The van der Waals surface area contributed by atoms with Gasteiger partial charge in [-0.3, -0.25) is 4.90 Å². The number of hydrogen-bond acceptors (Lipinski definition) is 5. The molecule has 1 heterocycles. The Balaban J connectivity index is 2.31. The van der Waals surface area contributed by atoms with Gasteiger partial charge in [-0.2, -0.15) is 5.26 Å². The number of hydrogen-bond donors (Lipinski definition) is 0. The molecule has 19 heavy (non-hydrogen) atoms. The lowest BCUT2D eigenvalue weighted by molar-refractivity contribution is 0.111. The van der Waals surface area contributed by atoms with Gasteiger partial charge >= 0.3 is 6.09 Å². The third-order valence-electron chi connectivity index (χ3n) is 2.90. The zero-order valence-corrected chi connectivity index (χ0v) is 10.8. The lowest BCUT2D eigenvalue weighted by atomic mass is 10.2. The Morgan fingerprint density at radius 2 is 2.21 bits per heavy atom. The van der Waals surface area contributed by atoms with Crippen LogP contribution in [0.1, 0.15) is 6.42 Å². The fourth-order valence-corrected chi connectivity index (χ4v) is 1.90. The van der Waals surface area contributed by atoms with E-state index >= 15 is 0 Å². The molecule has 1 aliphatic rings. The van der Waals surface area contributed by atoms with E-state index in [0.29, 0.717) is 30.2 Å². The van der Waals surface area contributed by atoms with Gasteiger partial charge in [-0.05, 0) is 12.1 Å². The summed E-state index contributed by atoms with van der Waals surface area (Å²) in [5.74, 6) is 1.17. The molecule has 2 rings (SSSR count). The first-order valence-electron chi connectivity index (χ1n) is 5.79. The maximum Gasteiger partial charge on any atom is 0.415 e. The van der Waals surface area contributed by atoms with Crippen molar-refractivity contribution in [3.8, 4) is 17.6 Å². The molecule has 1 saturated heterocycles. The molecule has 0 spiro atoms. The minimum Gasteiger partial charge on any atom is -0.497 e. The number of nitrogens with zero attached hydrogens (tertiary/aromatic N) is 2. The van der Waals surface area contributed by atoms with E-state index in [0.717, 1.165) is 0 Å². The van der Waals surface area contributed by atoms with Crippen molar-refractivity contribution >= 4 is 11.8 Å². The fourth-order valence-electron chi connectivity index (χ4n) is 1.90. The van der Waals surface area contributed by atoms with E-state index in [2.05, 4.69) is 0 Å². The third kappa shape index (κ3) is 2.55. The molecule has 1 atom stereocenters. The number of nitriles is 1. The molecule has 1 aromatic rings. The Morgan fingerprint density at radius 1 is 1.42 bits per heavy atom. The highest BCUT2D eigenvalue weighted by molar-refractivity contribution is 5.90. The summed E-state index contributed by atoms with van der Waals surface area (Å²) in [5.41, 5.74) is 0.572. The summed E-state index contributed by atoms with van der Waals surface area (Å²) in [7, 11) is 3.07. The minimum absolute atomic E-state index is 0.403. The highest BCUT2D eigenvalue weighted by Crippen LogP contribution is 2.34. The molecule has 1 unspecified atom stereocenters. The molecule has 1 fully saturated rings. The van der Waals surface area contributed by atoms with Crippen LogP contribution in [0.5, 0.6) is 11.5 Å². The number of benzene rings is 1. The molecule has 1 aliphatic heterocycles. The van der Waals surface area contributed by atoms with Gasteiger partial charge in [-0.15, -0.1) is 0 Å². The fraction of sp³-hybridized carbons (Fsp3) is 0.385. The highest BCUT2D eigenvalue weighted by atomic mass is 16.6. The van der Waals surface area contributed by atoms with Crippen LogP contribution >= 0.6 is 0 Å². The van der Waals surface area contributed by atoms with E-state index in [-0.39, 0.29) is 0 Å². The summed E-state index contributed by atoms with van der Waals surface area (Å²) in [6.07, 6.45) is -0.771. The van der Waals surface area contributed by atoms with Crippen LogP contribution in [-0.4, -0.2) is 33.0 Å². The van der Waals surface area contributed by atoms with E-state index in [1.807, 2.05) is 6.07 Å². The first kappa shape index (κ1) is 13.0. The smallest absolute Gasteiger partial charge is 0.415 e. The molecule has 0 N–H and O–H groups in total. The number of carbonyl (C=O) groups excluding carboxylic acids is 1. The summed E-state index contributed by atoms with van der Waals surface area (Å²) in [6, 6.07) is 7.10. The SMILES string of the molecule is COc1ccc(OC)c(N2CCC(C#N)OC2=O)c1. The molecule has 0 saturated carbocycles. The van der Waals surface area contributed by atoms with Crippen LogP contribution in [0, 0.1) is 11.3 Å². The van der Waals surface area contributed by atoms with Crippen LogP contribution in [0.4, 0.5) is 10.5 Å². The number of ether oxygens (including phenoxy) is 3. The van der Waals surface area contributed by atoms with Gasteiger partial charge in [0.15, 0.2) is 6.10 Å². The number of amides is 1. The average molecular weight is 262 g/mol. The van der Waals surface area contributed by atoms with Gasteiger partial charge in [0.25, 0.3) is 0 Å². The highest BCUT2D eigenvalue weighted by Gasteiger charge is 2.30. The molecule has 0 bridgehead atoms. The summed E-state index contributed by atoms with van der Waals surface area (Å²) in [6.45, 7) is 0.403. The maximum atomic E-state index is 11.9. The van der Waals surface area contributed by atoms with E-state index in [9.17, 15) is 4.79 Å².